The van der Waals surface area contributed by atoms with Gasteiger partial charge in [-0.2, -0.15) is 0 Å². The minimum atomic E-state index is 0. The summed E-state index contributed by atoms with van der Waals surface area (Å²) in [6.45, 7) is 0. The Hall–Kier alpha value is -9.12. The van der Waals surface area contributed by atoms with Gasteiger partial charge in [-0.25, -0.2) is 0 Å². The van der Waals surface area contributed by atoms with E-state index >= 15 is 0 Å². The Morgan fingerprint density at radius 3 is 1.19 bits per heavy atom. The topological polar surface area (TPSA) is 51.8 Å². The quantitative estimate of drug-likeness (QED) is 0.128. The summed E-state index contributed by atoms with van der Waals surface area (Å²) in [5.41, 5.74) is 22.0. The number of fused-ring (bicyclic) bond motifs is 3. The van der Waals surface area contributed by atoms with Gasteiger partial charge < -0.3 is 19.4 Å². The fourth-order valence-corrected chi connectivity index (χ4v) is 10.1. The third-order valence-electron chi connectivity index (χ3n) is 13.6. The second kappa shape index (κ2) is 20.2. The number of pyridine rings is 3. The molecule has 0 aliphatic rings. The smallest absolute Gasteiger partial charge is 0.456 e. The molecule has 4 aromatic heterocycles. The van der Waals surface area contributed by atoms with E-state index < -0.39 is 0 Å². The molecule has 74 heavy (non-hydrogen) atoms. The van der Waals surface area contributed by atoms with Gasteiger partial charge in [-0.05, 0) is 126 Å². The van der Waals surface area contributed by atoms with Crippen LogP contribution in [0.3, 0.4) is 0 Å². The van der Waals surface area contributed by atoms with Crippen molar-refractivity contribution in [2.75, 3.05) is 0 Å². The monoisotopic (exact) mass is 1120 g/mol. The fraction of sp³-hybridized carbons (Fsp3) is 0. The molecule has 0 atom stereocenters. The van der Waals surface area contributed by atoms with E-state index in [-0.39, 0.29) is 20.1 Å². The van der Waals surface area contributed by atoms with E-state index in [0.29, 0.717) is 0 Å². The van der Waals surface area contributed by atoms with Crippen molar-refractivity contribution in [3.8, 4) is 112 Å². The van der Waals surface area contributed by atoms with Gasteiger partial charge in [0, 0.05) is 34.9 Å². The molecule has 0 radical (unpaired) electrons. The Bertz CT molecular complexity index is 3970. The first kappa shape index (κ1) is 46.0. The molecule has 4 heterocycles. The van der Waals surface area contributed by atoms with Crippen LogP contribution in [0.2, 0.25) is 0 Å². The van der Waals surface area contributed by atoms with E-state index in [1.54, 1.807) is 0 Å². The summed E-state index contributed by atoms with van der Waals surface area (Å²) in [5, 5.41) is 2.18. The summed E-state index contributed by atoms with van der Waals surface area (Å²) in [7, 11) is 0. The van der Waals surface area contributed by atoms with Crippen LogP contribution in [-0.2, 0) is 20.1 Å². The third kappa shape index (κ3) is 8.86. The average molecular weight is 1120 g/mol. The van der Waals surface area contributed by atoms with Gasteiger partial charge in [0.2, 0.25) is 0 Å². The van der Waals surface area contributed by atoms with Crippen LogP contribution in [0.4, 0.5) is 0 Å². The van der Waals surface area contributed by atoms with Crippen molar-refractivity contribution in [2.45, 2.75) is 0 Å². The Morgan fingerprint density at radius 2 is 0.689 bits per heavy atom. The summed E-state index contributed by atoms with van der Waals surface area (Å²) in [4.78, 5) is 15.0. The SMILES string of the molecule is [Ir+3].[c-]1ccccc1-c1ccc(-c2ccccc2-c2cc(-c3ccccc3-c3ccc(-c4[c-]cccc4)nc3)cc(-c3ccccc3-c3cnc(-c4[c-]cccc4)cc3-c3ccc4c(c3)oc3ccccc34)c2)cn1. The van der Waals surface area contributed by atoms with E-state index in [0.717, 1.165) is 134 Å². The summed E-state index contributed by atoms with van der Waals surface area (Å²) < 4.78 is 6.48. The Kier molecular flexibility index (Phi) is 12.5. The van der Waals surface area contributed by atoms with E-state index in [2.05, 4.69) is 176 Å². The van der Waals surface area contributed by atoms with Gasteiger partial charge in [-0.15, -0.1) is 108 Å². The Morgan fingerprint density at radius 1 is 0.270 bits per heavy atom. The minimum absolute atomic E-state index is 0. The second-order valence-corrected chi connectivity index (χ2v) is 18.1. The van der Waals surface area contributed by atoms with Crippen LogP contribution in [0.15, 0.2) is 260 Å². The molecule has 4 nitrogen and oxygen atoms in total. The van der Waals surface area contributed by atoms with Crippen LogP contribution < -0.4 is 0 Å². The number of para-hydroxylation sites is 1. The van der Waals surface area contributed by atoms with Crippen LogP contribution in [0.5, 0.6) is 0 Å². The molecule has 0 saturated heterocycles. The van der Waals surface area contributed by atoms with Gasteiger partial charge in [0.05, 0.1) is 0 Å². The molecule has 348 valence electrons. The summed E-state index contributed by atoms with van der Waals surface area (Å²) >= 11 is 0. The Balaban J connectivity index is 0.00000556. The van der Waals surface area contributed by atoms with Crippen molar-refractivity contribution in [2.24, 2.45) is 0 Å². The number of rotatable bonds is 10. The van der Waals surface area contributed by atoms with Crippen LogP contribution in [-0.4, -0.2) is 15.0 Å². The van der Waals surface area contributed by atoms with Crippen LogP contribution >= 0.6 is 0 Å². The second-order valence-electron chi connectivity index (χ2n) is 18.1. The minimum Gasteiger partial charge on any atom is -0.456 e. The van der Waals surface area contributed by atoms with Crippen molar-refractivity contribution in [1.82, 2.24) is 15.0 Å². The van der Waals surface area contributed by atoms with Gasteiger partial charge in [0.1, 0.15) is 11.2 Å². The van der Waals surface area contributed by atoms with E-state index in [1.165, 1.54) is 0 Å². The number of aromatic nitrogens is 3. The molecular weight excluding hydrogens is 1080 g/mol. The van der Waals surface area contributed by atoms with E-state index in [9.17, 15) is 0 Å². The molecule has 0 spiro atoms. The zero-order valence-electron chi connectivity index (χ0n) is 39.8. The Labute approximate surface area is 443 Å². The normalized spacial score (nSPS) is 11.1. The maximum Gasteiger partial charge on any atom is 3.00 e. The van der Waals surface area contributed by atoms with E-state index in [4.69, 9.17) is 19.4 Å². The van der Waals surface area contributed by atoms with Crippen molar-refractivity contribution in [1.29, 1.82) is 0 Å². The first-order valence-corrected chi connectivity index (χ1v) is 24.4. The first-order valence-electron chi connectivity index (χ1n) is 24.4. The molecule has 0 bridgehead atoms. The third-order valence-corrected chi connectivity index (χ3v) is 13.6. The van der Waals surface area contributed by atoms with E-state index in [1.807, 2.05) is 97.5 Å². The summed E-state index contributed by atoms with van der Waals surface area (Å²) in [6.07, 6.45) is 5.97. The number of furan rings is 1. The maximum atomic E-state index is 6.48. The maximum absolute atomic E-state index is 6.48. The van der Waals surface area contributed by atoms with Gasteiger partial charge in [-0.1, -0.05) is 127 Å². The van der Waals surface area contributed by atoms with Crippen molar-refractivity contribution >= 4 is 21.9 Å². The van der Waals surface area contributed by atoms with Crippen LogP contribution in [0.1, 0.15) is 0 Å². The molecule has 5 heteroatoms. The predicted molar refractivity (Wildman–Crippen MR) is 298 cm³/mol. The number of nitrogens with zero attached hydrogens (tertiary/aromatic N) is 3. The van der Waals surface area contributed by atoms with Gasteiger partial charge in [0.15, 0.2) is 0 Å². The molecule has 0 amide bonds. The van der Waals surface area contributed by atoms with Crippen LogP contribution in [0, 0.1) is 18.2 Å². The zero-order chi connectivity index (χ0) is 48.5. The molecule has 13 rings (SSSR count). The van der Waals surface area contributed by atoms with Crippen molar-refractivity contribution in [3.63, 3.8) is 0 Å². The molecule has 0 unspecified atom stereocenters. The molecule has 9 aromatic carbocycles. The number of hydrogen-bond donors (Lipinski definition) is 0. The van der Waals surface area contributed by atoms with Crippen molar-refractivity contribution in [3.05, 3.63) is 273 Å². The van der Waals surface area contributed by atoms with Gasteiger partial charge >= 0.3 is 20.1 Å². The summed E-state index contributed by atoms with van der Waals surface area (Å²) in [6, 6.07) is 92.4. The molecule has 13 aromatic rings. The zero-order valence-corrected chi connectivity index (χ0v) is 42.2. The molecule has 0 saturated carbocycles. The summed E-state index contributed by atoms with van der Waals surface area (Å²) in [5.74, 6) is 0. The molecule has 0 aliphatic heterocycles. The molecule has 0 aliphatic carbocycles. The average Bonchev–Trinajstić information content (AvgIpc) is 3.86. The number of hydrogen-bond acceptors (Lipinski definition) is 4. The van der Waals surface area contributed by atoms with Crippen LogP contribution in [0.25, 0.3) is 134 Å². The first-order chi connectivity index (χ1) is 36.2. The van der Waals surface area contributed by atoms with Gasteiger partial charge in [0.25, 0.3) is 0 Å². The van der Waals surface area contributed by atoms with Gasteiger partial charge in [-0.3, -0.25) is 0 Å². The fourth-order valence-electron chi connectivity index (χ4n) is 10.1. The standard InChI is InChI=1S/C69H42N3O.Ir/c1-4-18-46(19-5-1)65-36-33-50(43-70-65)55-24-10-12-26-57(55)52-38-53(58-27-13-11-25-56(58)51-34-37-66(71-44-51)47-20-6-2-7-21-47)40-54(39-52)59-28-14-15-29-60(59)64-45-72-67(48-22-8-3-9-23-48)42-63(64)49-32-35-62-61-30-16-17-31-68(61)73-69(62)41-49;/h1-18,20,22,24-45H;/q-3;+3. The number of benzene rings is 9. The predicted octanol–water partition coefficient (Wildman–Crippen LogP) is 17.8. The van der Waals surface area contributed by atoms with Crippen molar-refractivity contribution < 1.29 is 24.5 Å². The molecular formula is C69H42IrN3O. The largest absolute Gasteiger partial charge is 3.00 e. The molecule has 0 N–H and O–H groups in total. The molecule has 0 fully saturated rings.